The summed E-state index contributed by atoms with van der Waals surface area (Å²) >= 11 is 1.98. The van der Waals surface area contributed by atoms with Crippen LogP contribution in [0.2, 0.25) is 0 Å². The van der Waals surface area contributed by atoms with E-state index in [0.29, 0.717) is 0 Å². The van der Waals surface area contributed by atoms with Gasteiger partial charge in [0.25, 0.3) is 0 Å². The lowest BCUT2D eigenvalue weighted by atomic mass is 9.68. The molecular formula is C72H51NS. The van der Waals surface area contributed by atoms with Crippen LogP contribution in [0.5, 0.6) is 0 Å². The van der Waals surface area contributed by atoms with Crippen molar-refractivity contribution in [2.75, 3.05) is 4.90 Å². The Kier molecular flexibility index (Phi) is 10.7. The smallest absolute Gasteiger partial charge is 0.0823 e. The molecule has 1 unspecified atom stereocenters. The lowest BCUT2D eigenvalue weighted by Gasteiger charge is -2.35. The normalized spacial score (nSPS) is 14.4. The molecule has 0 N–H and O–H groups in total. The molecule has 1 aromatic heterocycles. The van der Waals surface area contributed by atoms with Gasteiger partial charge in [0.1, 0.15) is 0 Å². The fourth-order valence-corrected chi connectivity index (χ4v) is 14.1. The largest absolute Gasteiger partial charge is 0.310 e. The van der Waals surface area contributed by atoms with Gasteiger partial charge in [-0.15, -0.1) is 11.3 Å². The number of thiophene rings is 1. The van der Waals surface area contributed by atoms with E-state index in [2.05, 4.69) is 291 Å². The minimum absolute atomic E-state index is 0.0541. The van der Waals surface area contributed by atoms with Crippen LogP contribution in [0, 0.1) is 0 Å². The Morgan fingerprint density at radius 1 is 0.365 bits per heavy atom. The van der Waals surface area contributed by atoms with Crippen molar-refractivity contribution in [2.24, 2.45) is 0 Å². The molecular weight excluding hydrogens is 911 g/mol. The molecule has 0 aliphatic heterocycles. The van der Waals surface area contributed by atoms with E-state index in [9.17, 15) is 0 Å². The molecule has 2 aliphatic carbocycles. The molecule has 0 fully saturated rings. The van der Waals surface area contributed by atoms with Crippen LogP contribution >= 0.6 is 11.3 Å². The van der Waals surface area contributed by atoms with E-state index in [1.807, 2.05) is 11.3 Å². The predicted molar refractivity (Wildman–Crippen MR) is 312 cm³/mol. The summed E-state index contributed by atoms with van der Waals surface area (Å²) in [4.78, 5) is 3.85. The minimum Gasteiger partial charge on any atom is -0.310 e. The van der Waals surface area contributed by atoms with Crippen LogP contribution in [0.25, 0.3) is 65.7 Å². The van der Waals surface area contributed by atoms with Crippen LogP contribution in [0.4, 0.5) is 17.1 Å². The summed E-state index contributed by atoms with van der Waals surface area (Å²) in [5, 5.41) is 1.33. The summed E-state index contributed by atoms with van der Waals surface area (Å²) in [6, 6.07) is 104. The summed E-state index contributed by atoms with van der Waals surface area (Å²) in [7, 11) is 0. The Balaban J connectivity index is 0.992. The predicted octanol–water partition coefficient (Wildman–Crippen LogP) is 19.7. The third-order valence-electron chi connectivity index (χ3n) is 16.0. The van der Waals surface area contributed by atoms with E-state index in [1.54, 1.807) is 0 Å². The molecule has 2 atom stereocenters. The molecule has 2 heteroatoms. The van der Waals surface area contributed by atoms with Gasteiger partial charge >= 0.3 is 0 Å². The first kappa shape index (κ1) is 43.9. The van der Waals surface area contributed by atoms with Crippen LogP contribution in [-0.2, 0) is 5.41 Å². The molecule has 2 aliphatic rings. The zero-order chi connectivity index (χ0) is 49.2. The van der Waals surface area contributed by atoms with Gasteiger partial charge in [-0.1, -0.05) is 244 Å². The fourth-order valence-electron chi connectivity index (χ4n) is 12.6. The zero-order valence-electron chi connectivity index (χ0n) is 41.1. The van der Waals surface area contributed by atoms with Gasteiger partial charge in [-0.05, 0) is 132 Å². The highest BCUT2D eigenvalue weighted by atomic mass is 32.1. The maximum absolute atomic E-state index is 2.54. The highest BCUT2D eigenvalue weighted by molar-refractivity contribution is 7.20. The lowest BCUT2D eigenvalue weighted by molar-refractivity contribution is 0.640. The minimum atomic E-state index is -0.584. The van der Waals surface area contributed by atoms with Crippen LogP contribution in [0.15, 0.2) is 279 Å². The van der Waals surface area contributed by atoms with Crippen LogP contribution in [0.3, 0.4) is 0 Å². The molecule has 350 valence electrons. The fraction of sp³-hybridized carbons (Fsp3) is 0.0556. The van der Waals surface area contributed by atoms with Crippen molar-refractivity contribution < 1.29 is 0 Å². The molecule has 1 heterocycles. The van der Waals surface area contributed by atoms with Crippen molar-refractivity contribution in [3.05, 3.63) is 317 Å². The number of fused-ring (bicyclic) bond motifs is 12. The highest BCUT2D eigenvalue weighted by Crippen LogP contribution is 2.68. The van der Waals surface area contributed by atoms with E-state index < -0.39 is 5.41 Å². The molecule has 12 aromatic rings. The van der Waals surface area contributed by atoms with E-state index in [0.717, 1.165) is 17.1 Å². The second kappa shape index (κ2) is 18.0. The van der Waals surface area contributed by atoms with Crippen LogP contribution in [-0.4, -0.2) is 0 Å². The quantitative estimate of drug-likeness (QED) is 0.132. The molecule has 1 nitrogen and oxygen atoms in total. The summed E-state index contributed by atoms with van der Waals surface area (Å²) < 4.78 is 1.32. The highest BCUT2D eigenvalue weighted by Gasteiger charge is 2.55. The third kappa shape index (κ3) is 7.05. The number of hydrogen-bond donors (Lipinski definition) is 0. The third-order valence-corrected chi connectivity index (χ3v) is 17.2. The first-order valence-electron chi connectivity index (χ1n) is 25.8. The van der Waals surface area contributed by atoms with Crippen LogP contribution in [0.1, 0.15) is 57.0 Å². The van der Waals surface area contributed by atoms with E-state index in [4.69, 9.17) is 0 Å². The molecule has 0 saturated heterocycles. The Hall–Kier alpha value is -8.82. The van der Waals surface area contributed by atoms with Gasteiger partial charge in [-0.3, -0.25) is 0 Å². The van der Waals surface area contributed by atoms with Crippen molar-refractivity contribution in [3.63, 3.8) is 0 Å². The maximum Gasteiger partial charge on any atom is 0.0823 e. The average molecular weight is 962 g/mol. The molecule has 0 saturated carbocycles. The number of rotatable bonds is 10. The first-order valence-corrected chi connectivity index (χ1v) is 26.7. The number of benzene rings is 11. The first-order chi connectivity index (χ1) is 36.6. The standard InChI is InChI=1S/C72H51NS/c1-48(68(55-37-33-52(34-38-55)49-19-6-2-7-20-49)56-39-35-53(36-40-56)50-21-8-3-9-22-50)60-29-18-30-64-69-63-28-15-17-32-67(63)74-71(69)72(70(60)64)65-31-16-14-27-61(65)62-46-45-59(47-66(62)72)73(57-25-12-5-13-26-57)58-43-41-54(42-44-58)51-23-10-4-11-24-51/h2-48,68H,1H3/t48-,72?/m0/s1. The van der Waals surface area contributed by atoms with Gasteiger partial charge in [0.2, 0.25) is 0 Å². The average Bonchev–Trinajstić information content (AvgIpc) is 4.28. The lowest BCUT2D eigenvalue weighted by Crippen LogP contribution is -2.28. The van der Waals surface area contributed by atoms with Gasteiger partial charge in [-0.25, -0.2) is 0 Å². The van der Waals surface area contributed by atoms with E-state index in [1.165, 1.54) is 104 Å². The molecule has 11 aromatic carbocycles. The Morgan fingerprint density at radius 2 is 0.824 bits per heavy atom. The van der Waals surface area contributed by atoms with Crippen molar-refractivity contribution in [1.29, 1.82) is 0 Å². The molecule has 1 spiro atoms. The van der Waals surface area contributed by atoms with Crippen molar-refractivity contribution in [1.82, 2.24) is 0 Å². The molecule has 0 radical (unpaired) electrons. The van der Waals surface area contributed by atoms with Crippen molar-refractivity contribution in [2.45, 2.75) is 24.2 Å². The Labute approximate surface area is 438 Å². The molecule has 14 rings (SSSR count). The maximum atomic E-state index is 2.54. The number of para-hydroxylation sites is 1. The summed E-state index contributed by atoms with van der Waals surface area (Å²) in [5.74, 6) is 0.133. The number of nitrogens with zero attached hydrogens (tertiary/aromatic N) is 1. The molecule has 0 amide bonds. The van der Waals surface area contributed by atoms with E-state index in [-0.39, 0.29) is 11.8 Å². The topological polar surface area (TPSA) is 3.24 Å². The van der Waals surface area contributed by atoms with Gasteiger partial charge in [0, 0.05) is 43.5 Å². The van der Waals surface area contributed by atoms with E-state index >= 15 is 0 Å². The molecule has 74 heavy (non-hydrogen) atoms. The van der Waals surface area contributed by atoms with Gasteiger partial charge in [-0.2, -0.15) is 0 Å². The second-order valence-electron chi connectivity index (χ2n) is 19.9. The number of anilines is 3. The van der Waals surface area contributed by atoms with Gasteiger partial charge < -0.3 is 4.90 Å². The second-order valence-corrected chi connectivity index (χ2v) is 21.0. The summed E-state index contributed by atoms with van der Waals surface area (Å²) in [6.07, 6.45) is 0. The Morgan fingerprint density at radius 3 is 1.43 bits per heavy atom. The summed E-state index contributed by atoms with van der Waals surface area (Å²) in [6.45, 7) is 2.49. The van der Waals surface area contributed by atoms with Crippen molar-refractivity contribution >= 4 is 38.5 Å². The molecule has 0 bridgehead atoms. The SMILES string of the molecule is C[C@@H](c1cccc2c1C1(c3ccccc3-c3ccc(N(c4ccccc4)c4ccc(-c5ccccc5)cc4)cc31)c1sc3ccccc3c1-2)C(c1ccc(-c2ccccc2)cc1)c1ccc(-c2ccccc2)cc1. The monoisotopic (exact) mass is 961 g/mol. The number of hydrogen-bond acceptors (Lipinski definition) is 2. The van der Waals surface area contributed by atoms with Crippen molar-refractivity contribution in [3.8, 4) is 55.6 Å². The van der Waals surface area contributed by atoms with Crippen LogP contribution < -0.4 is 4.90 Å². The Bertz CT molecular complexity index is 3910. The van der Waals surface area contributed by atoms with Gasteiger partial charge in [0.05, 0.1) is 5.41 Å². The van der Waals surface area contributed by atoms with Gasteiger partial charge in [0.15, 0.2) is 0 Å². The summed E-state index contributed by atoms with van der Waals surface area (Å²) in [5.41, 5.74) is 23.5. The zero-order valence-corrected chi connectivity index (χ0v) is 41.9.